The maximum absolute atomic E-state index is 11.4. The molecule has 0 aliphatic heterocycles. The van der Waals surface area contributed by atoms with Gasteiger partial charge in [-0.25, -0.2) is 19.7 Å². The monoisotopic (exact) mass is 695 g/mol. The van der Waals surface area contributed by atoms with Crippen molar-refractivity contribution < 1.29 is 29.2 Å². The first-order valence-electron chi connectivity index (χ1n) is 18.4. The molecular formula is C42H53N3O6. The highest BCUT2D eigenvalue weighted by molar-refractivity contribution is 5.86. The molecule has 3 aromatic carbocycles. The number of nitrogens with zero attached hydrogens (tertiary/aromatic N) is 3. The number of carbonyl (C=O) groups excluding carboxylic acids is 1. The predicted molar refractivity (Wildman–Crippen MR) is 202 cm³/mol. The largest absolute Gasteiger partial charge is 0.507 e. The molecule has 0 aliphatic carbocycles. The van der Waals surface area contributed by atoms with Crippen LogP contribution in [0.5, 0.6) is 23.0 Å². The first-order valence-corrected chi connectivity index (χ1v) is 18.4. The summed E-state index contributed by atoms with van der Waals surface area (Å²) in [5.74, 6) is 1.56. The maximum Gasteiger partial charge on any atom is 0.333 e. The topological polar surface area (TPSA) is 124 Å². The molecule has 0 aliphatic rings. The highest BCUT2D eigenvalue weighted by Crippen LogP contribution is 2.38. The summed E-state index contributed by atoms with van der Waals surface area (Å²) in [4.78, 5) is 25.5. The number of para-hydroxylation sites is 1. The molecule has 0 amide bonds. The first kappa shape index (κ1) is 38.9. The van der Waals surface area contributed by atoms with Crippen molar-refractivity contribution in [3.05, 3.63) is 78.9 Å². The average molecular weight is 696 g/mol. The summed E-state index contributed by atoms with van der Waals surface area (Å²) in [7, 11) is 0. The highest BCUT2D eigenvalue weighted by atomic mass is 16.5. The van der Waals surface area contributed by atoms with E-state index in [1.165, 1.54) is 25.7 Å². The van der Waals surface area contributed by atoms with Crippen LogP contribution in [0.4, 0.5) is 0 Å². The van der Waals surface area contributed by atoms with Crippen LogP contribution in [0.1, 0.15) is 97.3 Å². The summed E-state index contributed by atoms with van der Waals surface area (Å²) >= 11 is 0. The van der Waals surface area contributed by atoms with E-state index >= 15 is 0 Å². The van der Waals surface area contributed by atoms with Crippen LogP contribution < -0.4 is 9.47 Å². The number of hydrogen-bond acceptors (Lipinski definition) is 9. The summed E-state index contributed by atoms with van der Waals surface area (Å²) in [6.07, 6.45) is 14.1. The number of benzene rings is 3. The Kier molecular flexibility index (Phi) is 16.3. The molecule has 0 fully saturated rings. The second-order valence-corrected chi connectivity index (χ2v) is 12.9. The summed E-state index contributed by atoms with van der Waals surface area (Å²) < 4.78 is 17.0. The van der Waals surface area contributed by atoms with Crippen LogP contribution in [0, 0.1) is 0 Å². The van der Waals surface area contributed by atoms with Gasteiger partial charge in [0.1, 0.15) is 11.5 Å². The van der Waals surface area contributed by atoms with E-state index in [2.05, 4.69) is 13.5 Å². The van der Waals surface area contributed by atoms with Gasteiger partial charge in [0.15, 0.2) is 29.0 Å². The number of rotatable bonds is 23. The summed E-state index contributed by atoms with van der Waals surface area (Å²) in [5.41, 5.74) is 2.07. The van der Waals surface area contributed by atoms with Crippen LogP contribution >= 0.6 is 0 Å². The molecule has 0 saturated carbocycles. The number of phenolic OH excluding ortho intramolecular Hbond substituents is 2. The number of esters is 1. The number of aromatic hydroxyl groups is 2. The van der Waals surface area contributed by atoms with Gasteiger partial charge in [-0.1, -0.05) is 114 Å². The minimum absolute atomic E-state index is 0.00247. The zero-order valence-electron chi connectivity index (χ0n) is 30.2. The van der Waals surface area contributed by atoms with Crippen molar-refractivity contribution >= 4 is 5.97 Å². The summed E-state index contributed by atoms with van der Waals surface area (Å²) in [6.45, 7) is 8.96. The van der Waals surface area contributed by atoms with Gasteiger partial charge in [0.05, 0.1) is 30.9 Å². The lowest BCUT2D eigenvalue weighted by Crippen LogP contribution is -2.05. The van der Waals surface area contributed by atoms with Crippen LogP contribution in [0.25, 0.3) is 34.2 Å². The van der Waals surface area contributed by atoms with Gasteiger partial charge in [-0.3, -0.25) is 0 Å². The number of aromatic nitrogens is 3. The fraction of sp³-hybridized carbons (Fsp3) is 0.429. The maximum atomic E-state index is 11.4. The second kappa shape index (κ2) is 21.3. The quantitative estimate of drug-likeness (QED) is 0.0443. The van der Waals surface area contributed by atoms with Gasteiger partial charge in [0, 0.05) is 17.2 Å². The van der Waals surface area contributed by atoms with Crippen LogP contribution in [0.3, 0.4) is 0 Å². The van der Waals surface area contributed by atoms with E-state index in [1.54, 1.807) is 31.2 Å². The minimum Gasteiger partial charge on any atom is -0.507 e. The van der Waals surface area contributed by atoms with Gasteiger partial charge in [-0.15, -0.1) is 0 Å². The van der Waals surface area contributed by atoms with Crippen molar-refractivity contribution in [2.45, 2.75) is 97.3 Å². The first-order chi connectivity index (χ1) is 24.9. The van der Waals surface area contributed by atoms with Crippen molar-refractivity contribution in [3.8, 4) is 57.2 Å². The molecule has 0 bridgehead atoms. The molecule has 272 valence electrons. The normalized spacial score (nSPS) is 10.9. The molecular weight excluding hydrogens is 642 g/mol. The van der Waals surface area contributed by atoms with Gasteiger partial charge in [-0.05, 0) is 50.5 Å². The van der Waals surface area contributed by atoms with E-state index < -0.39 is 0 Å². The van der Waals surface area contributed by atoms with E-state index in [9.17, 15) is 15.0 Å². The van der Waals surface area contributed by atoms with Crippen molar-refractivity contribution in [2.24, 2.45) is 0 Å². The fourth-order valence-electron chi connectivity index (χ4n) is 5.57. The molecule has 4 rings (SSSR count). The van der Waals surface area contributed by atoms with E-state index in [0.29, 0.717) is 53.8 Å². The third-order valence-corrected chi connectivity index (χ3v) is 8.51. The Balaban J connectivity index is 1.33. The Hall–Kier alpha value is -4.92. The molecule has 2 N–H and O–H groups in total. The Morgan fingerprint density at radius 2 is 1.24 bits per heavy atom. The molecule has 0 unspecified atom stereocenters. The molecule has 1 aromatic heterocycles. The van der Waals surface area contributed by atoms with Crippen LogP contribution in [-0.4, -0.2) is 51.0 Å². The molecule has 9 heteroatoms. The van der Waals surface area contributed by atoms with Crippen LogP contribution in [0.15, 0.2) is 78.9 Å². The molecule has 0 spiro atoms. The van der Waals surface area contributed by atoms with E-state index in [-0.39, 0.29) is 29.1 Å². The standard InChI is InChI=1S/C42H53N3O6/c1-4-5-6-17-27-49-33-25-26-34(36(46)30-33)40-43-39(32-21-15-14-16-22-32)44-41(45-40)35-23-20-24-37(38(35)47)50-28-18-12-10-8-7-9-11-13-19-29-51-42(48)31(2)3/h14-16,20-26,30,46-47H,2,4-13,17-19,27-29H2,1,3H3. The van der Waals surface area contributed by atoms with E-state index in [0.717, 1.165) is 63.4 Å². The lowest BCUT2D eigenvalue weighted by atomic mass is 10.1. The molecule has 0 radical (unpaired) electrons. The van der Waals surface area contributed by atoms with Crippen molar-refractivity contribution in [2.75, 3.05) is 19.8 Å². The number of phenols is 2. The Bertz CT molecular complexity index is 1680. The van der Waals surface area contributed by atoms with Crippen molar-refractivity contribution in [3.63, 3.8) is 0 Å². The Morgan fingerprint density at radius 3 is 1.88 bits per heavy atom. The van der Waals surface area contributed by atoms with Gasteiger partial charge in [0.2, 0.25) is 0 Å². The Labute approximate surface area is 302 Å². The second-order valence-electron chi connectivity index (χ2n) is 12.9. The van der Waals surface area contributed by atoms with Crippen molar-refractivity contribution in [1.29, 1.82) is 0 Å². The van der Waals surface area contributed by atoms with Crippen molar-refractivity contribution in [1.82, 2.24) is 15.0 Å². The average Bonchev–Trinajstić information content (AvgIpc) is 3.14. The molecule has 9 nitrogen and oxygen atoms in total. The molecule has 4 aromatic rings. The number of hydrogen-bond donors (Lipinski definition) is 2. The lowest BCUT2D eigenvalue weighted by Gasteiger charge is -2.13. The fourth-order valence-corrected chi connectivity index (χ4v) is 5.57. The Morgan fingerprint density at radius 1 is 0.647 bits per heavy atom. The van der Waals surface area contributed by atoms with Gasteiger partial charge in [-0.2, -0.15) is 0 Å². The predicted octanol–water partition coefficient (Wildman–Crippen LogP) is 10.3. The number of unbranched alkanes of at least 4 members (excludes halogenated alkanes) is 11. The third kappa shape index (κ3) is 12.7. The summed E-state index contributed by atoms with van der Waals surface area (Å²) in [5, 5.41) is 22.3. The van der Waals surface area contributed by atoms with Crippen LogP contribution in [-0.2, 0) is 9.53 Å². The molecule has 51 heavy (non-hydrogen) atoms. The van der Waals surface area contributed by atoms with Gasteiger partial charge in [0.25, 0.3) is 0 Å². The number of carbonyl (C=O) groups is 1. The van der Waals surface area contributed by atoms with Gasteiger partial charge < -0.3 is 24.4 Å². The molecule has 1 heterocycles. The molecule has 0 saturated heterocycles. The number of ether oxygens (including phenoxy) is 3. The SMILES string of the molecule is C=C(C)C(=O)OCCCCCCCCCCCOc1cccc(-c2nc(-c3ccccc3)nc(-c3ccc(OCCCCCC)cc3O)n2)c1O. The third-order valence-electron chi connectivity index (χ3n) is 8.51. The van der Waals surface area contributed by atoms with E-state index in [4.69, 9.17) is 29.2 Å². The van der Waals surface area contributed by atoms with Crippen LogP contribution in [0.2, 0.25) is 0 Å². The minimum atomic E-state index is -0.311. The smallest absolute Gasteiger partial charge is 0.333 e. The molecule has 0 atom stereocenters. The van der Waals surface area contributed by atoms with Gasteiger partial charge >= 0.3 is 5.97 Å². The highest BCUT2D eigenvalue weighted by Gasteiger charge is 2.19. The zero-order chi connectivity index (χ0) is 36.3. The van der Waals surface area contributed by atoms with E-state index in [1.807, 2.05) is 42.5 Å². The zero-order valence-corrected chi connectivity index (χ0v) is 30.2. The summed E-state index contributed by atoms with van der Waals surface area (Å²) in [6, 6.07) is 20.0. The lowest BCUT2D eigenvalue weighted by molar-refractivity contribution is -0.139.